The van der Waals surface area contributed by atoms with Gasteiger partial charge in [-0.25, -0.2) is 8.78 Å². The lowest BCUT2D eigenvalue weighted by Gasteiger charge is -2.28. The predicted molar refractivity (Wildman–Crippen MR) is 291 cm³/mol. The molecule has 0 unspecified atom stereocenters. The largest absolute Gasteiger partial charge is 0.310 e. The molecule has 0 aromatic heterocycles. The van der Waals surface area contributed by atoms with Crippen LogP contribution in [0.1, 0.15) is 83.3 Å². The zero-order valence-corrected chi connectivity index (χ0v) is 40.4. The fourth-order valence-corrected chi connectivity index (χ4v) is 10.7. The lowest BCUT2D eigenvalue weighted by atomic mass is 9.81. The maximum absolute atomic E-state index is 14.1. The summed E-state index contributed by atoms with van der Waals surface area (Å²) < 4.78 is 28.2. The van der Waals surface area contributed by atoms with Crippen molar-refractivity contribution in [2.24, 2.45) is 0 Å². The number of nitrogens with zero attached hydrogens (tertiary/aromatic N) is 2. The van der Waals surface area contributed by atoms with Crippen LogP contribution >= 0.6 is 0 Å². The maximum Gasteiger partial charge on any atom is 0.123 e. The average Bonchev–Trinajstić information content (AvgIpc) is 3.72. The molecule has 0 radical (unpaired) electrons. The number of benzene rings is 9. The zero-order valence-electron chi connectivity index (χ0n) is 40.4. The van der Waals surface area contributed by atoms with Crippen LogP contribution < -0.4 is 9.80 Å². The fourth-order valence-electron chi connectivity index (χ4n) is 10.7. The van der Waals surface area contributed by atoms with Crippen molar-refractivity contribution < 1.29 is 8.78 Å². The zero-order chi connectivity index (χ0) is 48.3. The Balaban J connectivity index is 0.799. The first-order valence-corrected chi connectivity index (χ1v) is 24.1. The van der Waals surface area contributed by atoms with E-state index in [4.69, 9.17) is 0 Å². The van der Waals surface area contributed by atoms with E-state index in [-0.39, 0.29) is 22.5 Å². The van der Waals surface area contributed by atoms with E-state index in [0.717, 1.165) is 56.4 Å². The summed E-state index contributed by atoms with van der Waals surface area (Å²) in [6.45, 7) is 13.4. The van der Waals surface area contributed by atoms with Crippen molar-refractivity contribution in [1.29, 1.82) is 0 Å². The summed E-state index contributed by atoms with van der Waals surface area (Å²) in [5, 5.41) is 0. The number of fused-ring (bicyclic) bond motifs is 6. The van der Waals surface area contributed by atoms with Gasteiger partial charge in [-0.3, -0.25) is 0 Å². The molecule has 2 aliphatic carbocycles. The number of hydrogen-bond donors (Lipinski definition) is 0. The predicted octanol–water partition coefficient (Wildman–Crippen LogP) is 18.5. The average molecular weight is 913 g/mol. The topological polar surface area (TPSA) is 6.48 Å². The smallest absolute Gasteiger partial charge is 0.123 e. The van der Waals surface area contributed by atoms with Crippen molar-refractivity contribution in [3.63, 3.8) is 0 Å². The summed E-state index contributed by atoms with van der Waals surface area (Å²) in [7, 11) is 0. The molecule has 0 saturated heterocycles. The third-order valence-electron chi connectivity index (χ3n) is 14.4. The Bertz CT molecular complexity index is 3290. The van der Waals surface area contributed by atoms with Gasteiger partial charge in [0, 0.05) is 45.0 Å². The minimum atomic E-state index is -0.249. The van der Waals surface area contributed by atoms with Crippen molar-refractivity contribution in [1.82, 2.24) is 0 Å². The van der Waals surface area contributed by atoms with Crippen LogP contribution in [0.15, 0.2) is 194 Å². The van der Waals surface area contributed by atoms with Gasteiger partial charge >= 0.3 is 0 Å². The molecule has 70 heavy (non-hydrogen) atoms. The molecule has 0 atom stereocenters. The number of halogens is 2. The van der Waals surface area contributed by atoms with Gasteiger partial charge in [0.15, 0.2) is 0 Å². The molecule has 0 bridgehead atoms. The molecule has 0 spiro atoms. The molecular formula is C66H54F2N2. The van der Waals surface area contributed by atoms with Crippen molar-refractivity contribution in [3.05, 3.63) is 261 Å². The van der Waals surface area contributed by atoms with E-state index in [0.29, 0.717) is 0 Å². The van der Waals surface area contributed by atoms with Crippen LogP contribution in [0.25, 0.3) is 46.6 Å². The number of aryl methyl sites for hydroxylation is 2. The minimum Gasteiger partial charge on any atom is -0.310 e. The minimum absolute atomic E-state index is 0.224. The first-order chi connectivity index (χ1) is 33.8. The van der Waals surface area contributed by atoms with Gasteiger partial charge in [0.25, 0.3) is 0 Å². The molecule has 0 heterocycles. The Morgan fingerprint density at radius 2 is 0.614 bits per heavy atom. The van der Waals surface area contributed by atoms with E-state index in [1.807, 2.05) is 24.3 Å². The number of anilines is 6. The highest BCUT2D eigenvalue weighted by Crippen LogP contribution is 2.53. The lowest BCUT2D eigenvalue weighted by Crippen LogP contribution is -2.16. The third kappa shape index (κ3) is 8.13. The molecule has 0 amide bonds. The molecule has 2 nitrogen and oxygen atoms in total. The van der Waals surface area contributed by atoms with E-state index in [9.17, 15) is 8.78 Å². The summed E-state index contributed by atoms with van der Waals surface area (Å²) >= 11 is 0. The summed E-state index contributed by atoms with van der Waals surface area (Å²) in [5.74, 6) is -0.499. The Morgan fingerprint density at radius 3 is 0.986 bits per heavy atom. The van der Waals surface area contributed by atoms with Crippen LogP contribution in [0.3, 0.4) is 0 Å². The van der Waals surface area contributed by atoms with Gasteiger partial charge < -0.3 is 9.80 Å². The van der Waals surface area contributed by atoms with Crippen molar-refractivity contribution in [2.45, 2.75) is 52.4 Å². The molecule has 0 saturated carbocycles. The molecule has 4 heteroatoms. The molecule has 2 aliphatic rings. The van der Waals surface area contributed by atoms with Crippen LogP contribution in [0, 0.1) is 25.5 Å². The van der Waals surface area contributed by atoms with Crippen LogP contribution in [0.4, 0.5) is 42.9 Å². The molecule has 9 aromatic carbocycles. The highest BCUT2D eigenvalue weighted by Gasteiger charge is 2.37. The molecule has 9 aromatic rings. The first-order valence-electron chi connectivity index (χ1n) is 24.1. The van der Waals surface area contributed by atoms with E-state index >= 15 is 0 Å². The Hall–Kier alpha value is -8.08. The number of rotatable bonds is 10. The van der Waals surface area contributed by atoms with Crippen LogP contribution in [0.5, 0.6) is 0 Å². The maximum atomic E-state index is 14.1. The highest BCUT2D eigenvalue weighted by atomic mass is 19.1. The summed E-state index contributed by atoms with van der Waals surface area (Å²) in [4.78, 5) is 4.42. The Kier molecular flexibility index (Phi) is 11.1. The third-order valence-corrected chi connectivity index (χ3v) is 14.4. The Morgan fingerprint density at radius 1 is 0.314 bits per heavy atom. The highest BCUT2D eigenvalue weighted by molar-refractivity contribution is 5.89. The monoisotopic (exact) mass is 912 g/mol. The van der Waals surface area contributed by atoms with E-state index < -0.39 is 0 Å². The van der Waals surface area contributed by atoms with Gasteiger partial charge in [-0.05, 0) is 189 Å². The second-order valence-electron chi connectivity index (χ2n) is 20.0. The van der Waals surface area contributed by atoms with Gasteiger partial charge in [0.1, 0.15) is 11.6 Å². The van der Waals surface area contributed by atoms with E-state index in [2.05, 4.69) is 221 Å². The van der Waals surface area contributed by atoms with Gasteiger partial charge in [-0.15, -0.1) is 0 Å². The second-order valence-corrected chi connectivity index (χ2v) is 20.0. The van der Waals surface area contributed by atoms with Gasteiger partial charge in [-0.1, -0.05) is 149 Å². The van der Waals surface area contributed by atoms with Crippen molar-refractivity contribution in [2.75, 3.05) is 9.80 Å². The van der Waals surface area contributed by atoms with Gasteiger partial charge in [0.05, 0.1) is 0 Å². The van der Waals surface area contributed by atoms with Crippen LogP contribution in [0.2, 0.25) is 0 Å². The van der Waals surface area contributed by atoms with Gasteiger partial charge in [-0.2, -0.15) is 0 Å². The molecular weight excluding hydrogens is 859 g/mol. The standard InChI is InChI=1S/C66H54F2N2/c1-43-9-7-11-53(37-43)69(51-27-23-49(67)24-28-51)55-31-35-59-57-33-21-47(39-61(57)65(3,4)63(59)41-55)19-17-45-13-15-46(16-14-45)18-20-48-22-34-58-60-36-32-56(42-64(60)66(5,6)62(58)40-48)70(52-29-25-50(68)26-30-52)54-12-8-10-44(2)38-54/h7-42H,1-6H3/b19-17+,20-18+. The SMILES string of the molecule is Cc1cccc(N(c2ccc(F)cc2)c2ccc3c(c2)C(C)(C)c2cc(/C=C/c4ccc(/C=C/c5ccc6c(c5)C(C)(C)c5cc(N(c7ccc(F)cc7)c7cccc(C)c7)ccc5-6)cc4)ccc2-3)c1. The normalized spacial score (nSPS) is 13.8. The van der Waals surface area contributed by atoms with Crippen molar-refractivity contribution in [3.8, 4) is 22.3 Å². The quantitative estimate of drug-likeness (QED) is 0.126. The molecule has 342 valence electrons. The van der Waals surface area contributed by atoms with Crippen LogP contribution in [-0.4, -0.2) is 0 Å². The van der Waals surface area contributed by atoms with E-state index in [1.165, 1.54) is 79.9 Å². The summed E-state index contributed by atoms with van der Waals surface area (Å²) in [6, 6.07) is 66.2. The summed E-state index contributed by atoms with van der Waals surface area (Å²) in [5.41, 5.74) is 22.6. The summed E-state index contributed by atoms with van der Waals surface area (Å²) in [6.07, 6.45) is 8.80. The van der Waals surface area contributed by atoms with Gasteiger partial charge in [0.2, 0.25) is 0 Å². The van der Waals surface area contributed by atoms with Crippen molar-refractivity contribution >= 4 is 58.4 Å². The number of hydrogen-bond acceptors (Lipinski definition) is 2. The Labute approximate surface area is 411 Å². The fraction of sp³-hybridized carbons (Fsp3) is 0.121. The second kappa shape index (κ2) is 17.5. The first kappa shape index (κ1) is 44.4. The molecule has 0 N–H and O–H groups in total. The van der Waals surface area contributed by atoms with Crippen LogP contribution in [-0.2, 0) is 10.8 Å². The molecule has 0 aliphatic heterocycles. The molecule has 0 fully saturated rings. The van der Waals surface area contributed by atoms with E-state index in [1.54, 1.807) is 0 Å². The lowest BCUT2D eigenvalue weighted by molar-refractivity contribution is 0.627. The molecule has 11 rings (SSSR count).